The lowest BCUT2D eigenvalue weighted by molar-refractivity contribution is 0.693. The van der Waals surface area contributed by atoms with Crippen LogP contribution in [0.25, 0.3) is 0 Å². The molecular weight excluding hydrogens is 313 g/mol. The third-order valence-electron chi connectivity index (χ3n) is 2.35. The molecule has 1 aromatic carbocycles. The van der Waals surface area contributed by atoms with Gasteiger partial charge in [-0.2, -0.15) is 0 Å². The monoisotopic (exact) mass is 325 g/mol. The van der Waals surface area contributed by atoms with Crippen molar-refractivity contribution in [3.05, 3.63) is 57.7 Å². The van der Waals surface area contributed by atoms with E-state index in [-0.39, 0.29) is 6.04 Å². The topological polar surface area (TPSA) is 51.8 Å². The van der Waals surface area contributed by atoms with Crippen molar-refractivity contribution in [2.24, 2.45) is 5.73 Å². The van der Waals surface area contributed by atoms with Crippen molar-refractivity contribution in [1.29, 1.82) is 0 Å². The zero-order chi connectivity index (χ0) is 11.4. The van der Waals surface area contributed by atoms with Crippen LogP contribution >= 0.6 is 22.6 Å². The zero-order valence-electron chi connectivity index (χ0n) is 8.68. The maximum Gasteiger partial charge on any atom is 0.115 e. The van der Waals surface area contributed by atoms with Crippen molar-refractivity contribution < 1.29 is 0 Å². The Labute approximate surface area is 108 Å². The van der Waals surface area contributed by atoms with E-state index in [0.29, 0.717) is 0 Å². The molecule has 0 aliphatic rings. The summed E-state index contributed by atoms with van der Waals surface area (Å²) < 4.78 is 1.23. The van der Waals surface area contributed by atoms with Gasteiger partial charge in [0.25, 0.3) is 0 Å². The highest BCUT2D eigenvalue weighted by atomic mass is 127. The highest BCUT2D eigenvalue weighted by molar-refractivity contribution is 14.1. The van der Waals surface area contributed by atoms with Crippen LogP contribution in [-0.2, 0) is 6.42 Å². The molecule has 0 bridgehead atoms. The minimum absolute atomic E-state index is 0.0666. The molecule has 1 aromatic heterocycles. The van der Waals surface area contributed by atoms with Crippen molar-refractivity contribution in [1.82, 2.24) is 9.97 Å². The summed E-state index contributed by atoms with van der Waals surface area (Å²) in [6, 6.07) is 10.2. The van der Waals surface area contributed by atoms with E-state index in [0.717, 1.165) is 12.1 Å². The summed E-state index contributed by atoms with van der Waals surface area (Å²) in [5.74, 6) is 0. The van der Waals surface area contributed by atoms with Crippen LogP contribution in [-0.4, -0.2) is 9.97 Å². The second-order valence-corrected chi connectivity index (χ2v) is 4.82. The Bertz CT molecular complexity index is 442. The van der Waals surface area contributed by atoms with Crippen LogP contribution in [0.15, 0.2) is 42.9 Å². The van der Waals surface area contributed by atoms with Gasteiger partial charge in [0.15, 0.2) is 0 Å². The van der Waals surface area contributed by atoms with Crippen LogP contribution in [0.1, 0.15) is 17.3 Å². The summed E-state index contributed by atoms with van der Waals surface area (Å²) in [5, 5.41) is 0. The van der Waals surface area contributed by atoms with Gasteiger partial charge < -0.3 is 5.73 Å². The molecule has 16 heavy (non-hydrogen) atoms. The quantitative estimate of drug-likeness (QED) is 0.881. The molecular formula is C12H12IN3. The third-order valence-corrected chi connectivity index (χ3v) is 3.07. The van der Waals surface area contributed by atoms with Crippen molar-refractivity contribution in [3.63, 3.8) is 0 Å². The van der Waals surface area contributed by atoms with Crippen LogP contribution in [0.3, 0.4) is 0 Å². The molecule has 0 radical (unpaired) electrons. The average Bonchev–Trinajstić information content (AvgIpc) is 2.33. The van der Waals surface area contributed by atoms with Gasteiger partial charge in [-0.1, -0.05) is 12.1 Å². The summed E-state index contributed by atoms with van der Waals surface area (Å²) in [6.45, 7) is 0. The van der Waals surface area contributed by atoms with Crippen molar-refractivity contribution in [2.45, 2.75) is 12.5 Å². The Morgan fingerprint density at radius 1 is 1.19 bits per heavy atom. The van der Waals surface area contributed by atoms with Gasteiger partial charge in [0.1, 0.15) is 6.33 Å². The minimum atomic E-state index is -0.0666. The summed E-state index contributed by atoms with van der Waals surface area (Å²) in [7, 11) is 0. The molecule has 2 rings (SSSR count). The van der Waals surface area contributed by atoms with Crippen LogP contribution < -0.4 is 5.73 Å². The SMILES string of the molecule is NC(Cc1ccc(I)cc1)c1ccncn1. The molecule has 1 atom stereocenters. The van der Waals surface area contributed by atoms with Crippen LogP contribution in [0, 0.1) is 3.57 Å². The average molecular weight is 325 g/mol. The lowest BCUT2D eigenvalue weighted by Crippen LogP contribution is -2.14. The molecule has 82 valence electrons. The van der Waals surface area contributed by atoms with Crippen molar-refractivity contribution >= 4 is 22.6 Å². The molecule has 0 aliphatic carbocycles. The first-order chi connectivity index (χ1) is 7.75. The van der Waals surface area contributed by atoms with Gasteiger partial charge in [-0.25, -0.2) is 9.97 Å². The van der Waals surface area contributed by atoms with E-state index in [2.05, 4.69) is 56.8 Å². The molecule has 0 spiro atoms. The number of nitrogens with zero attached hydrogens (tertiary/aromatic N) is 2. The van der Waals surface area contributed by atoms with Gasteiger partial charge in [-0.15, -0.1) is 0 Å². The van der Waals surface area contributed by atoms with Gasteiger partial charge in [0.05, 0.1) is 11.7 Å². The molecule has 3 nitrogen and oxygen atoms in total. The molecule has 2 aromatic rings. The maximum atomic E-state index is 6.07. The van der Waals surface area contributed by atoms with E-state index in [4.69, 9.17) is 5.73 Å². The van der Waals surface area contributed by atoms with E-state index >= 15 is 0 Å². The number of nitrogens with two attached hydrogens (primary N) is 1. The summed E-state index contributed by atoms with van der Waals surface area (Å²) >= 11 is 2.29. The molecule has 1 heterocycles. The Hall–Kier alpha value is -1.01. The first kappa shape index (κ1) is 11.5. The second-order valence-electron chi connectivity index (χ2n) is 3.57. The Morgan fingerprint density at radius 3 is 2.56 bits per heavy atom. The summed E-state index contributed by atoms with van der Waals surface area (Å²) in [4.78, 5) is 8.03. The fourth-order valence-corrected chi connectivity index (χ4v) is 1.86. The number of halogens is 1. The Kier molecular flexibility index (Phi) is 3.84. The predicted octanol–water partition coefficient (Wildman–Crippen LogP) is 2.32. The minimum Gasteiger partial charge on any atom is -0.322 e. The van der Waals surface area contributed by atoms with Crippen LogP contribution in [0.5, 0.6) is 0 Å². The molecule has 0 fully saturated rings. The third kappa shape index (κ3) is 2.99. The summed E-state index contributed by atoms with van der Waals surface area (Å²) in [5.41, 5.74) is 8.18. The molecule has 1 unspecified atom stereocenters. The standard InChI is InChI=1S/C12H12IN3/c13-10-3-1-9(2-4-10)7-11(14)12-5-6-15-8-16-12/h1-6,8,11H,7,14H2. The number of rotatable bonds is 3. The maximum absolute atomic E-state index is 6.07. The van der Waals surface area contributed by atoms with Crippen LogP contribution in [0.2, 0.25) is 0 Å². The molecule has 0 saturated carbocycles. The van der Waals surface area contributed by atoms with E-state index in [9.17, 15) is 0 Å². The summed E-state index contributed by atoms with van der Waals surface area (Å²) in [6.07, 6.45) is 4.05. The van der Waals surface area contributed by atoms with E-state index in [1.54, 1.807) is 6.20 Å². The van der Waals surface area contributed by atoms with E-state index in [1.165, 1.54) is 15.5 Å². The largest absolute Gasteiger partial charge is 0.322 e. The first-order valence-electron chi connectivity index (χ1n) is 5.01. The number of benzene rings is 1. The molecule has 0 saturated heterocycles. The molecule has 0 aliphatic heterocycles. The number of aromatic nitrogens is 2. The van der Waals surface area contributed by atoms with Gasteiger partial charge in [-0.3, -0.25) is 0 Å². The smallest absolute Gasteiger partial charge is 0.115 e. The van der Waals surface area contributed by atoms with Gasteiger partial charge in [0, 0.05) is 9.77 Å². The van der Waals surface area contributed by atoms with Gasteiger partial charge >= 0.3 is 0 Å². The zero-order valence-corrected chi connectivity index (χ0v) is 10.8. The molecule has 4 heteroatoms. The van der Waals surface area contributed by atoms with E-state index < -0.39 is 0 Å². The highest BCUT2D eigenvalue weighted by Gasteiger charge is 2.07. The fourth-order valence-electron chi connectivity index (χ4n) is 1.50. The van der Waals surface area contributed by atoms with E-state index in [1.807, 2.05) is 6.07 Å². The first-order valence-corrected chi connectivity index (χ1v) is 6.09. The van der Waals surface area contributed by atoms with Crippen LogP contribution in [0.4, 0.5) is 0 Å². The normalized spacial score (nSPS) is 12.4. The molecule has 2 N–H and O–H groups in total. The molecule has 0 amide bonds. The fraction of sp³-hybridized carbons (Fsp3) is 0.167. The second kappa shape index (κ2) is 5.36. The lowest BCUT2D eigenvalue weighted by Gasteiger charge is -2.10. The van der Waals surface area contributed by atoms with Gasteiger partial charge in [-0.05, 0) is 52.8 Å². The Morgan fingerprint density at radius 2 is 1.94 bits per heavy atom. The number of hydrogen-bond acceptors (Lipinski definition) is 3. The highest BCUT2D eigenvalue weighted by Crippen LogP contribution is 2.14. The Balaban J connectivity index is 2.08. The number of hydrogen-bond donors (Lipinski definition) is 1. The van der Waals surface area contributed by atoms with Crippen molar-refractivity contribution in [2.75, 3.05) is 0 Å². The lowest BCUT2D eigenvalue weighted by atomic mass is 10.0. The van der Waals surface area contributed by atoms with Crippen molar-refractivity contribution in [3.8, 4) is 0 Å². The van der Waals surface area contributed by atoms with Gasteiger partial charge in [0.2, 0.25) is 0 Å². The predicted molar refractivity (Wildman–Crippen MR) is 71.8 cm³/mol.